The number of nitrogens with zero attached hydrogens (tertiary/aromatic N) is 4. The summed E-state index contributed by atoms with van der Waals surface area (Å²) in [6.45, 7) is 52.5. The van der Waals surface area contributed by atoms with Crippen molar-refractivity contribution in [3.8, 4) is 0 Å². The van der Waals surface area contributed by atoms with E-state index in [4.69, 9.17) is 50.6 Å². The quantitative estimate of drug-likeness (QED) is 0.0701. The van der Waals surface area contributed by atoms with Crippen molar-refractivity contribution in [2.75, 3.05) is 42.7 Å². The Morgan fingerprint density at radius 3 is 1.08 bits per heavy atom. The Balaban J connectivity index is 0.000000131. The van der Waals surface area contributed by atoms with Crippen LogP contribution in [0.1, 0.15) is 346 Å². The average molecular weight is 1990 g/mol. The highest BCUT2D eigenvalue weighted by molar-refractivity contribution is 6.05. The summed E-state index contributed by atoms with van der Waals surface area (Å²) >= 11 is 0. The van der Waals surface area contributed by atoms with Gasteiger partial charge in [-0.05, 0) is 272 Å². The lowest BCUT2D eigenvalue weighted by Gasteiger charge is -2.59. The van der Waals surface area contributed by atoms with Crippen LogP contribution in [0.5, 0.6) is 0 Å². The fourth-order valence-corrected chi connectivity index (χ4v) is 35.3. The highest BCUT2D eigenvalue weighted by atomic mass is 16.5. The number of ether oxygens (including phenoxy) is 6. The van der Waals surface area contributed by atoms with Crippen molar-refractivity contribution < 1.29 is 105 Å². The molecule has 1 unspecified atom stereocenters. The van der Waals surface area contributed by atoms with Crippen molar-refractivity contribution in [2.45, 2.75) is 353 Å². The van der Waals surface area contributed by atoms with E-state index in [0.29, 0.717) is 100 Å². The van der Waals surface area contributed by atoms with Crippen molar-refractivity contribution in [2.24, 2.45) is 122 Å². The number of aliphatic hydroxyl groups excluding tert-OH is 1. The number of hydrogen-bond donors (Lipinski definition) is 1. The molecule has 9 fully saturated rings. The zero-order chi connectivity index (χ0) is 106. The van der Waals surface area contributed by atoms with Crippen LogP contribution < -0.4 is 0 Å². The van der Waals surface area contributed by atoms with Gasteiger partial charge in [0, 0.05) is 92.1 Å². The molecule has 145 heavy (non-hydrogen) atoms. The number of rotatable bonds is 6. The fraction of sp³-hybridized carbons (Fsp3) is 0.689. The minimum atomic E-state index is -0.825. The van der Waals surface area contributed by atoms with Crippen LogP contribution in [0, 0.1) is 135 Å². The Bertz CT molecular complexity index is 6060. The van der Waals surface area contributed by atoms with E-state index in [1.807, 2.05) is 61.6 Å². The first kappa shape index (κ1) is 109. The number of carbonyl (C=O) groups is 13. The van der Waals surface area contributed by atoms with Crippen LogP contribution in [0.2, 0.25) is 0 Å². The predicted octanol–water partition coefficient (Wildman–Crippen LogP) is 22.1. The number of ketones is 7. The molecule has 1 N–H and O–H groups in total. The van der Waals surface area contributed by atoms with Crippen LogP contribution >= 0.6 is 0 Å². The smallest absolute Gasteiger partial charge is 0.315 e. The lowest BCUT2D eigenvalue weighted by atomic mass is 9.43. The molecule has 0 spiro atoms. The molecule has 784 valence electrons. The number of Topliss-reactive ketones (excluding diaryl/α,β-unsaturated/α-hetero) is 4. The molecular weight excluding hydrogens is 1840 g/mol. The summed E-state index contributed by atoms with van der Waals surface area (Å²) in [4.78, 5) is 171. The maximum absolute atomic E-state index is 12.8. The molecule has 2 aromatic heterocycles. The Hall–Kier alpha value is -10.4. The van der Waals surface area contributed by atoms with E-state index in [1.54, 1.807) is 30.5 Å². The number of fused-ring (bicyclic) bond motifs is 20. The second-order valence-electron chi connectivity index (χ2n) is 50.8. The molecule has 0 saturated heterocycles. The maximum atomic E-state index is 12.8. The zero-order valence-electron chi connectivity index (χ0n) is 90.5. The van der Waals surface area contributed by atoms with E-state index in [-0.39, 0.29) is 138 Å². The third-order valence-electron chi connectivity index (χ3n) is 41.8. The van der Waals surface area contributed by atoms with Crippen LogP contribution in [0.4, 0.5) is 0 Å². The highest BCUT2D eigenvalue weighted by Crippen LogP contribution is 2.74. The lowest BCUT2D eigenvalue weighted by Crippen LogP contribution is -2.60. The maximum Gasteiger partial charge on any atom is 0.315 e. The number of methoxy groups -OCH3 is 6. The summed E-state index contributed by atoms with van der Waals surface area (Å²) in [7, 11) is 8.70. The molecule has 18 aliphatic rings. The molecule has 0 bridgehead atoms. The molecule has 26 heteroatoms. The summed E-state index contributed by atoms with van der Waals surface area (Å²) in [5.41, 5.74) is 1.19. The minimum absolute atomic E-state index is 0.0103. The van der Waals surface area contributed by atoms with Gasteiger partial charge in [0.1, 0.15) is 17.3 Å². The van der Waals surface area contributed by atoms with Crippen LogP contribution in [0.25, 0.3) is 9.69 Å². The molecule has 2 heterocycles. The number of esters is 6. The topological polar surface area (TPSA) is 358 Å². The van der Waals surface area contributed by atoms with Gasteiger partial charge in [0.25, 0.3) is 6.04 Å². The van der Waals surface area contributed by atoms with E-state index in [2.05, 4.69) is 107 Å². The Morgan fingerprint density at radius 1 is 0.372 bits per heavy atom. The number of carbonyl (C=O) groups excluding carboxylic acids is 13. The van der Waals surface area contributed by atoms with Gasteiger partial charge in [-0.1, -0.05) is 176 Å². The van der Waals surface area contributed by atoms with E-state index in [9.17, 15) is 67.4 Å². The van der Waals surface area contributed by atoms with Crippen LogP contribution in [-0.2, 0) is 114 Å². The SMILES string of the molecule is COC(=O)[C@]12CCC(=O)C=C1[C@@]1(C)Cc3cnoc3C(C)(C)[C@@H]1CC2.COC(=O)[C@]12CCCC=C1[C@@]1(C)C/C(=C/O)C(=O)C(C)(C)[C@@H]1CC2.COC(=O)[C@]12CCCC=C1[C@@]1(C)CCC(=O)C(C)(C)[C@@H]1CC2.COC(=O)[C@]12CCCC=C1[C@@]1(C)Cc3cnoc3C(C)(C)[C@@H]1CC2.[C-]#[N+]C1=C[C@]2(C)C3=CC(=O)CC[C@]3(C(=O)OC)CC[C@H]2C(C)(C)C1=O.[C-]#[N+]C1C[C@]2(C)C3=CC(=O)CC[C@]3(C(=O)OC)CC[C@H]2C(C)(C)C1=O. The van der Waals surface area contributed by atoms with Gasteiger partial charge in [-0.15, -0.1) is 0 Å². The summed E-state index contributed by atoms with van der Waals surface area (Å²) in [5.74, 6) is 2.51. The molecule has 19 atom stereocenters. The van der Waals surface area contributed by atoms with Gasteiger partial charge in [0.2, 0.25) is 11.5 Å². The van der Waals surface area contributed by atoms with E-state index < -0.39 is 65.6 Å². The number of aliphatic hydroxyl groups is 1. The van der Waals surface area contributed by atoms with Crippen molar-refractivity contribution in [3.63, 3.8) is 0 Å². The Morgan fingerprint density at radius 2 is 0.697 bits per heavy atom. The minimum Gasteiger partial charge on any atom is -0.515 e. The summed E-state index contributed by atoms with van der Waals surface area (Å²) in [6.07, 6.45) is 43.0. The number of hydrogen-bond acceptors (Lipinski definition) is 24. The van der Waals surface area contributed by atoms with Gasteiger partial charge in [-0.3, -0.25) is 57.5 Å². The number of aromatic nitrogens is 2. The molecule has 26 nitrogen and oxygen atoms in total. The Kier molecular flexibility index (Phi) is 28.5. The molecule has 0 aromatic carbocycles. The third kappa shape index (κ3) is 16.3. The van der Waals surface area contributed by atoms with Gasteiger partial charge in [0.15, 0.2) is 28.9 Å². The first-order valence-corrected chi connectivity index (χ1v) is 53.2. The molecule has 18 aliphatic carbocycles. The van der Waals surface area contributed by atoms with Crippen LogP contribution in [0.15, 0.2) is 115 Å². The molecule has 9 saturated carbocycles. The normalized spacial score (nSPS) is 38.1. The predicted molar refractivity (Wildman–Crippen MR) is 540 cm³/mol. The summed E-state index contributed by atoms with van der Waals surface area (Å²) in [5, 5.41) is 17.7. The monoisotopic (exact) mass is 1990 g/mol. The first-order valence-electron chi connectivity index (χ1n) is 53.2. The zero-order valence-corrected chi connectivity index (χ0v) is 90.5. The molecule has 2 aromatic rings. The molecule has 20 rings (SSSR count). The largest absolute Gasteiger partial charge is 0.515 e. The van der Waals surface area contributed by atoms with Gasteiger partial charge < -0.3 is 52.2 Å². The van der Waals surface area contributed by atoms with Gasteiger partial charge in [-0.25, -0.2) is 11.4 Å². The lowest BCUT2D eigenvalue weighted by molar-refractivity contribution is -0.160. The molecular formula is C119H156N4O22. The van der Waals surface area contributed by atoms with E-state index in [0.717, 1.165) is 180 Å². The summed E-state index contributed by atoms with van der Waals surface area (Å²) in [6, 6.07) is -0.720. The fourth-order valence-electron chi connectivity index (χ4n) is 35.3. The van der Waals surface area contributed by atoms with Crippen molar-refractivity contribution in [1.82, 2.24) is 10.3 Å². The van der Waals surface area contributed by atoms with Gasteiger partial charge >= 0.3 is 35.8 Å². The van der Waals surface area contributed by atoms with Gasteiger partial charge in [-0.2, -0.15) is 0 Å². The molecule has 0 aliphatic heterocycles. The second kappa shape index (κ2) is 38.0. The van der Waals surface area contributed by atoms with Crippen molar-refractivity contribution in [3.05, 3.63) is 151 Å². The average Bonchev–Trinajstić information content (AvgIpc) is 1.62. The van der Waals surface area contributed by atoms with E-state index >= 15 is 0 Å². The number of allylic oxidation sites excluding steroid dienone is 9. The third-order valence-corrected chi connectivity index (χ3v) is 41.8. The molecule has 0 amide bonds. The summed E-state index contributed by atoms with van der Waals surface area (Å²) < 4.78 is 42.3. The first-order chi connectivity index (χ1) is 67.9. The van der Waals surface area contributed by atoms with Crippen molar-refractivity contribution in [1.29, 1.82) is 0 Å². The second-order valence-corrected chi connectivity index (χ2v) is 50.8. The van der Waals surface area contributed by atoms with Crippen LogP contribution in [-0.4, -0.2) is 140 Å². The standard InChI is InChI=1S/2C20H25NO4.C20H23NO4.C20H27NO3.C20H28O4.C19H28O3/c1-18(2)14-6-8-20(17(23)24-4)7-5-13(22)9-15(20)19(14,3)10-12-11-21-25-16(12)18;2*1-18(2)14-7-9-20(17(24)25-5)8-6-12(22)10-15(20)19(14,3)11-13(21-4)16(18)23;1-18(2)14-8-10-20(17(22)23-4)9-6-5-7-15(20)19(14,3)11-13-12-21-24-16(13)18;1-18(2)14-8-10-20(17(23)24-4)9-6-5-7-15(20)19(14,3)11-13(12-21)16(18)22;1-17(2)13-8-12-19(16(21)22-4)10-6-5-7-14(19)18(13,3)11-9-15(17)20/h9,11,14H,5-8,10H2,1-4H3;10,13-14H,6-9,11H2,1-3,5H3;10-11,14H,6-9H2,1-3,5H3;7,12,14H,5-6,8-11H2,1-4H3;7,12,14,21H,5-6,8-11H2,1-4H3;7,13H,5-6,8-12H2,1-4H3/b;;;;13-12-;/t14-,19-,20-;13?,14-,19-,20-;3*14-,19-,20-;13-,18-,19-/m000000/s1. The van der Waals surface area contributed by atoms with E-state index in [1.165, 1.54) is 59.4 Å². The Labute approximate surface area is 856 Å². The van der Waals surface area contributed by atoms with Gasteiger partial charge in [0.05, 0.1) is 100 Å². The van der Waals surface area contributed by atoms with Crippen molar-refractivity contribution >= 4 is 76.3 Å². The van der Waals surface area contributed by atoms with Crippen LogP contribution in [0.3, 0.4) is 0 Å². The molecule has 0 radical (unpaired) electrons. The highest BCUT2D eigenvalue weighted by Gasteiger charge is 2.72.